The lowest BCUT2D eigenvalue weighted by Crippen LogP contribution is -2.01. The molecule has 0 saturated carbocycles. The van der Waals surface area contributed by atoms with Crippen LogP contribution in [0, 0.1) is 12.7 Å². The highest BCUT2D eigenvalue weighted by Crippen LogP contribution is 2.24. The van der Waals surface area contributed by atoms with Crippen LogP contribution in [0.25, 0.3) is 0 Å². The van der Waals surface area contributed by atoms with Crippen LogP contribution in [0.2, 0.25) is 5.02 Å². The van der Waals surface area contributed by atoms with Gasteiger partial charge in [-0.15, -0.1) is 0 Å². The molecule has 2 aromatic rings. The summed E-state index contributed by atoms with van der Waals surface area (Å²) >= 11 is 5.98. The van der Waals surface area contributed by atoms with Crippen LogP contribution in [-0.2, 0) is 6.42 Å². The first-order valence-electron chi connectivity index (χ1n) is 5.22. The Hall–Kier alpha value is -1.61. The third kappa shape index (κ3) is 2.56. The second-order valence-corrected chi connectivity index (χ2v) is 4.31. The van der Waals surface area contributed by atoms with Crippen LogP contribution in [0.1, 0.15) is 16.7 Å². The summed E-state index contributed by atoms with van der Waals surface area (Å²) in [5, 5.41) is 0.410. The minimum absolute atomic E-state index is 0.338. The molecule has 17 heavy (non-hydrogen) atoms. The molecule has 0 radical (unpaired) electrons. The molecule has 0 amide bonds. The molecule has 2 N–H and O–H groups in total. The zero-order valence-corrected chi connectivity index (χ0v) is 10.1. The van der Waals surface area contributed by atoms with E-state index in [2.05, 4.69) is 4.98 Å². The van der Waals surface area contributed by atoms with Gasteiger partial charge in [-0.05, 0) is 36.2 Å². The number of nitrogen functional groups attached to an aromatic ring is 1. The number of nitrogens with two attached hydrogens (primary N) is 1. The molecule has 88 valence electrons. The van der Waals surface area contributed by atoms with Crippen LogP contribution in [-0.4, -0.2) is 4.98 Å². The summed E-state index contributed by atoms with van der Waals surface area (Å²) in [6.45, 7) is 1.96. The van der Waals surface area contributed by atoms with Crippen molar-refractivity contribution in [3.63, 3.8) is 0 Å². The molecular formula is C13H12ClFN2. The van der Waals surface area contributed by atoms with E-state index in [1.807, 2.05) is 13.0 Å². The lowest BCUT2D eigenvalue weighted by atomic mass is 10.0. The van der Waals surface area contributed by atoms with E-state index in [0.29, 0.717) is 17.3 Å². The van der Waals surface area contributed by atoms with Crippen LogP contribution in [0.4, 0.5) is 10.2 Å². The van der Waals surface area contributed by atoms with Gasteiger partial charge in [-0.25, -0.2) is 9.37 Å². The highest BCUT2D eigenvalue weighted by Gasteiger charge is 2.08. The molecule has 1 aromatic carbocycles. The van der Waals surface area contributed by atoms with Crippen LogP contribution < -0.4 is 5.73 Å². The molecule has 0 aliphatic heterocycles. The van der Waals surface area contributed by atoms with Gasteiger partial charge in [0, 0.05) is 23.2 Å². The maximum absolute atomic E-state index is 12.9. The predicted molar refractivity (Wildman–Crippen MR) is 67.6 cm³/mol. The largest absolute Gasteiger partial charge is 0.383 e. The first-order chi connectivity index (χ1) is 8.08. The topological polar surface area (TPSA) is 38.9 Å². The van der Waals surface area contributed by atoms with Crippen LogP contribution in [0.3, 0.4) is 0 Å². The van der Waals surface area contributed by atoms with Crippen molar-refractivity contribution in [1.29, 1.82) is 0 Å². The fourth-order valence-corrected chi connectivity index (χ4v) is 1.93. The average molecular weight is 251 g/mol. The highest BCUT2D eigenvalue weighted by molar-refractivity contribution is 6.31. The molecule has 0 spiro atoms. The van der Waals surface area contributed by atoms with Crippen molar-refractivity contribution in [3.05, 3.63) is 58.0 Å². The Balaban J connectivity index is 2.38. The lowest BCUT2D eigenvalue weighted by molar-refractivity contribution is 0.627. The van der Waals surface area contributed by atoms with E-state index in [9.17, 15) is 4.39 Å². The number of nitrogens with zero attached hydrogens (tertiary/aromatic N) is 1. The molecule has 4 heteroatoms. The van der Waals surface area contributed by atoms with Crippen molar-refractivity contribution in [2.24, 2.45) is 0 Å². The average Bonchev–Trinajstić information content (AvgIpc) is 2.26. The maximum atomic E-state index is 12.9. The third-order valence-electron chi connectivity index (χ3n) is 2.71. The zero-order chi connectivity index (χ0) is 12.4. The Bertz CT molecular complexity index is 535. The molecule has 0 unspecified atom stereocenters. The Morgan fingerprint density at radius 3 is 2.76 bits per heavy atom. The Kier molecular flexibility index (Phi) is 3.29. The van der Waals surface area contributed by atoms with E-state index in [-0.39, 0.29) is 5.82 Å². The van der Waals surface area contributed by atoms with Crippen molar-refractivity contribution in [2.45, 2.75) is 13.3 Å². The number of halogens is 2. The van der Waals surface area contributed by atoms with Crippen molar-refractivity contribution < 1.29 is 4.39 Å². The SMILES string of the molecule is Cc1ccnc(N)c1Cc1ccc(F)cc1Cl. The number of hydrogen-bond donors (Lipinski definition) is 1. The van der Waals surface area contributed by atoms with Gasteiger partial charge in [-0.3, -0.25) is 0 Å². The first kappa shape index (κ1) is 11.9. The van der Waals surface area contributed by atoms with E-state index in [1.165, 1.54) is 12.1 Å². The van der Waals surface area contributed by atoms with E-state index in [4.69, 9.17) is 17.3 Å². The molecule has 1 heterocycles. The molecule has 2 rings (SSSR count). The monoisotopic (exact) mass is 250 g/mol. The molecule has 0 aliphatic carbocycles. The van der Waals surface area contributed by atoms with Crippen molar-refractivity contribution >= 4 is 17.4 Å². The second kappa shape index (κ2) is 4.72. The quantitative estimate of drug-likeness (QED) is 0.888. The van der Waals surface area contributed by atoms with E-state index in [1.54, 1.807) is 12.3 Å². The summed E-state index contributed by atoms with van der Waals surface area (Å²) in [7, 11) is 0. The van der Waals surface area contributed by atoms with Gasteiger partial charge >= 0.3 is 0 Å². The highest BCUT2D eigenvalue weighted by atomic mass is 35.5. The van der Waals surface area contributed by atoms with Crippen molar-refractivity contribution in [2.75, 3.05) is 5.73 Å². The van der Waals surface area contributed by atoms with Gasteiger partial charge < -0.3 is 5.73 Å². The molecular weight excluding hydrogens is 239 g/mol. The summed E-state index contributed by atoms with van der Waals surface area (Å²) in [6, 6.07) is 6.26. The maximum Gasteiger partial charge on any atom is 0.127 e. The third-order valence-corrected chi connectivity index (χ3v) is 3.06. The molecule has 0 fully saturated rings. The number of hydrogen-bond acceptors (Lipinski definition) is 2. The normalized spacial score (nSPS) is 10.5. The Labute approximate surface area is 104 Å². The van der Waals surface area contributed by atoms with Gasteiger partial charge in [0.15, 0.2) is 0 Å². The molecule has 0 aliphatic rings. The van der Waals surface area contributed by atoms with E-state index < -0.39 is 0 Å². The summed E-state index contributed by atoms with van der Waals surface area (Å²) in [6.07, 6.45) is 2.23. The smallest absolute Gasteiger partial charge is 0.127 e. The van der Waals surface area contributed by atoms with Crippen LogP contribution >= 0.6 is 11.6 Å². The fourth-order valence-electron chi connectivity index (χ4n) is 1.70. The molecule has 2 nitrogen and oxygen atoms in total. The zero-order valence-electron chi connectivity index (χ0n) is 9.37. The predicted octanol–water partition coefficient (Wildman–Crippen LogP) is 3.36. The van der Waals surface area contributed by atoms with Crippen molar-refractivity contribution in [3.8, 4) is 0 Å². The van der Waals surface area contributed by atoms with Gasteiger partial charge in [0.05, 0.1) is 0 Å². The number of anilines is 1. The van der Waals surface area contributed by atoms with E-state index >= 15 is 0 Å². The summed E-state index contributed by atoms with van der Waals surface area (Å²) < 4.78 is 12.9. The molecule has 1 aromatic heterocycles. The molecule has 0 bridgehead atoms. The van der Waals surface area contributed by atoms with Gasteiger partial charge in [0.25, 0.3) is 0 Å². The van der Waals surface area contributed by atoms with Gasteiger partial charge in [0.2, 0.25) is 0 Å². The number of rotatable bonds is 2. The van der Waals surface area contributed by atoms with Crippen LogP contribution in [0.5, 0.6) is 0 Å². The van der Waals surface area contributed by atoms with Gasteiger partial charge in [-0.1, -0.05) is 17.7 Å². The minimum Gasteiger partial charge on any atom is -0.383 e. The number of benzene rings is 1. The van der Waals surface area contributed by atoms with Gasteiger partial charge in [-0.2, -0.15) is 0 Å². The minimum atomic E-state index is -0.338. The molecule has 0 atom stereocenters. The summed E-state index contributed by atoms with van der Waals surface area (Å²) in [5.41, 5.74) is 8.65. The Morgan fingerprint density at radius 2 is 2.12 bits per heavy atom. The summed E-state index contributed by atoms with van der Waals surface area (Å²) in [5.74, 6) is 0.153. The number of aryl methyl sites for hydroxylation is 1. The van der Waals surface area contributed by atoms with Gasteiger partial charge in [0.1, 0.15) is 11.6 Å². The molecule has 0 saturated heterocycles. The number of aromatic nitrogens is 1. The number of pyridine rings is 1. The van der Waals surface area contributed by atoms with Crippen LogP contribution in [0.15, 0.2) is 30.5 Å². The summed E-state index contributed by atoms with van der Waals surface area (Å²) in [4.78, 5) is 4.04. The van der Waals surface area contributed by atoms with Crippen molar-refractivity contribution in [1.82, 2.24) is 4.98 Å². The second-order valence-electron chi connectivity index (χ2n) is 3.90. The lowest BCUT2D eigenvalue weighted by Gasteiger charge is -2.09. The standard InChI is InChI=1S/C13H12ClFN2/c1-8-4-5-17-13(16)11(8)6-9-2-3-10(15)7-12(9)14/h2-5,7H,6H2,1H3,(H2,16,17). The fraction of sp³-hybridized carbons (Fsp3) is 0.154. The Morgan fingerprint density at radius 1 is 1.35 bits per heavy atom. The first-order valence-corrected chi connectivity index (χ1v) is 5.59. The van der Waals surface area contributed by atoms with E-state index in [0.717, 1.165) is 16.7 Å².